The lowest BCUT2D eigenvalue weighted by Crippen LogP contribution is -2.30. The Morgan fingerprint density at radius 2 is 2.04 bits per heavy atom. The number of aliphatic carboxylic acids is 2. The third-order valence-electron chi connectivity index (χ3n) is 3.28. The molecule has 1 atom stereocenters. The van der Waals surface area contributed by atoms with Gasteiger partial charge in [0.1, 0.15) is 10.1 Å². The standard InChI is InChI=1S/C16H15NO6S2/c1-9(15(21)22)23-11-5-3-2-4-10(11)8-12-14(20)17(16(24)25-12)7-6-13(18)19/h2-5,8-9H,6-7H2,1H3,(H,18,19)(H,21,22)/b12-8-. The van der Waals surface area contributed by atoms with Crippen molar-refractivity contribution in [3.8, 4) is 5.75 Å². The molecule has 25 heavy (non-hydrogen) atoms. The van der Waals surface area contributed by atoms with E-state index in [2.05, 4.69) is 0 Å². The molecule has 1 aliphatic rings. The molecule has 9 heteroatoms. The summed E-state index contributed by atoms with van der Waals surface area (Å²) in [6.45, 7) is 1.41. The van der Waals surface area contributed by atoms with Crippen molar-refractivity contribution in [2.75, 3.05) is 6.54 Å². The van der Waals surface area contributed by atoms with E-state index < -0.39 is 18.0 Å². The second kappa shape index (κ2) is 8.13. The van der Waals surface area contributed by atoms with Gasteiger partial charge in [0, 0.05) is 12.1 Å². The van der Waals surface area contributed by atoms with Crippen molar-refractivity contribution >= 4 is 52.2 Å². The number of carbonyl (C=O) groups is 3. The van der Waals surface area contributed by atoms with E-state index in [1.807, 2.05) is 0 Å². The minimum absolute atomic E-state index is 0.00549. The first-order chi connectivity index (χ1) is 11.8. The first-order valence-electron chi connectivity index (χ1n) is 7.25. The predicted octanol–water partition coefficient (Wildman–Crippen LogP) is 2.21. The van der Waals surface area contributed by atoms with Gasteiger partial charge in [0.05, 0.1) is 11.3 Å². The van der Waals surface area contributed by atoms with Gasteiger partial charge in [-0.2, -0.15) is 0 Å². The summed E-state index contributed by atoms with van der Waals surface area (Å²) < 4.78 is 5.68. The third kappa shape index (κ3) is 4.80. The van der Waals surface area contributed by atoms with Crippen molar-refractivity contribution < 1.29 is 29.3 Å². The van der Waals surface area contributed by atoms with E-state index in [-0.39, 0.29) is 23.2 Å². The highest BCUT2D eigenvalue weighted by Crippen LogP contribution is 2.34. The van der Waals surface area contributed by atoms with Gasteiger partial charge < -0.3 is 14.9 Å². The Bertz CT molecular complexity index is 761. The van der Waals surface area contributed by atoms with Crippen LogP contribution in [0.15, 0.2) is 29.2 Å². The van der Waals surface area contributed by atoms with Crippen LogP contribution in [0.1, 0.15) is 18.9 Å². The number of carboxylic acid groups (broad SMARTS) is 2. The molecule has 1 aromatic rings. The van der Waals surface area contributed by atoms with Gasteiger partial charge in [0.25, 0.3) is 5.91 Å². The highest BCUT2D eigenvalue weighted by atomic mass is 32.2. The molecule has 1 heterocycles. The van der Waals surface area contributed by atoms with Crippen LogP contribution in [-0.2, 0) is 14.4 Å². The number of hydrogen-bond acceptors (Lipinski definition) is 6. The van der Waals surface area contributed by atoms with Gasteiger partial charge in [-0.1, -0.05) is 42.2 Å². The molecule has 0 aliphatic carbocycles. The fourth-order valence-corrected chi connectivity index (χ4v) is 3.29. The van der Waals surface area contributed by atoms with Crippen molar-refractivity contribution in [1.29, 1.82) is 0 Å². The Kier molecular flexibility index (Phi) is 6.16. The Labute approximate surface area is 153 Å². The molecule has 0 saturated carbocycles. The average Bonchev–Trinajstić information content (AvgIpc) is 2.81. The molecule has 1 unspecified atom stereocenters. The van der Waals surface area contributed by atoms with Gasteiger partial charge in [-0.15, -0.1) is 0 Å². The second-order valence-electron chi connectivity index (χ2n) is 5.11. The number of rotatable bonds is 7. The molecule has 0 spiro atoms. The lowest BCUT2D eigenvalue weighted by Gasteiger charge is -2.13. The van der Waals surface area contributed by atoms with E-state index in [0.717, 1.165) is 11.8 Å². The van der Waals surface area contributed by atoms with E-state index in [0.29, 0.717) is 16.2 Å². The molecule has 0 aromatic heterocycles. The van der Waals surface area contributed by atoms with E-state index in [9.17, 15) is 14.4 Å². The van der Waals surface area contributed by atoms with Crippen LogP contribution >= 0.6 is 24.0 Å². The fourth-order valence-electron chi connectivity index (χ4n) is 1.99. The summed E-state index contributed by atoms with van der Waals surface area (Å²) in [6, 6.07) is 6.72. The summed E-state index contributed by atoms with van der Waals surface area (Å²) in [6.07, 6.45) is 0.319. The van der Waals surface area contributed by atoms with E-state index in [1.165, 1.54) is 11.8 Å². The molecule has 132 valence electrons. The molecular weight excluding hydrogens is 366 g/mol. The molecule has 1 amide bonds. The normalized spacial score (nSPS) is 17.0. The number of para-hydroxylation sites is 1. The molecule has 1 saturated heterocycles. The number of thioether (sulfide) groups is 1. The largest absolute Gasteiger partial charge is 0.481 e. The first kappa shape index (κ1) is 18.9. The van der Waals surface area contributed by atoms with Crippen LogP contribution in [0.25, 0.3) is 6.08 Å². The van der Waals surface area contributed by atoms with Gasteiger partial charge in [-0.3, -0.25) is 14.5 Å². The van der Waals surface area contributed by atoms with Gasteiger partial charge in [-0.05, 0) is 19.1 Å². The van der Waals surface area contributed by atoms with Gasteiger partial charge in [0.2, 0.25) is 0 Å². The maximum atomic E-state index is 12.4. The average molecular weight is 381 g/mol. The quantitative estimate of drug-likeness (QED) is 0.547. The van der Waals surface area contributed by atoms with Gasteiger partial charge >= 0.3 is 11.9 Å². The number of thiocarbonyl (C=S) groups is 1. The molecule has 2 N–H and O–H groups in total. The molecule has 0 bridgehead atoms. The number of ether oxygens (including phenoxy) is 1. The number of carbonyl (C=O) groups excluding carboxylic acids is 1. The summed E-state index contributed by atoms with van der Waals surface area (Å²) in [5, 5.41) is 17.7. The number of nitrogens with zero attached hydrogens (tertiary/aromatic N) is 1. The molecule has 1 fully saturated rings. The first-order valence-corrected chi connectivity index (χ1v) is 8.47. The Hall–Kier alpha value is -2.39. The van der Waals surface area contributed by atoms with Crippen molar-refractivity contribution in [1.82, 2.24) is 4.90 Å². The highest BCUT2D eigenvalue weighted by Gasteiger charge is 2.32. The molecule has 1 aromatic carbocycles. The summed E-state index contributed by atoms with van der Waals surface area (Å²) in [4.78, 5) is 35.6. The zero-order chi connectivity index (χ0) is 18.6. The van der Waals surface area contributed by atoms with E-state index in [1.54, 1.807) is 30.3 Å². The molecule has 1 aliphatic heterocycles. The predicted molar refractivity (Wildman–Crippen MR) is 96.3 cm³/mol. The second-order valence-corrected chi connectivity index (χ2v) is 6.79. The van der Waals surface area contributed by atoms with Crippen LogP contribution < -0.4 is 4.74 Å². The lowest BCUT2D eigenvalue weighted by atomic mass is 10.1. The van der Waals surface area contributed by atoms with Crippen molar-refractivity contribution in [3.05, 3.63) is 34.7 Å². The fraction of sp³-hybridized carbons (Fsp3) is 0.250. The van der Waals surface area contributed by atoms with Crippen molar-refractivity contribution in [2.45, 2.75) is 19.4 Å². The van der Waals surface area contributed by atoms with E-state index in [4.69, 9.17) is 27.2 Å². The Morgan fingerprint density at radius 3 is 2.68 bits per heavy atom. The smallest absolute Gasteiger partial charge is 0.344 e. The van der Waals surface area contributed by atoms with Crippen LogP contribution in [-0.4, -0.2) is 49.9 Å². The summed E-state index contributed by atoms with van der Waals surface area (Å²) in [7, 11) is 0. The topological polar surface area (TPSA) is 104 Å². The minimum Gasteiger partial charge on any atom is -0.481 e. The summed E-state index contributed by atoms with van der Waals surface area (Å²) in [5.74, 6) is -2.17. The van der Waals surface area contributed by atoms with Crippen LogP contribution in [0, 0.1) is 0 Å². The summed E-state index contributed by atoms with van der Waals surface area (Å²) in [5.41, 5.74) is 0.536. The Balaban J connectivity index is 2.23. The summed E-state index contributed by atoms with van der Waals surface area (Å²) >= 11 is 6.19. The number of benzene rings is 1. The van der Waals surface area contributed by atoms with Crippen LogP contribution in [0.2, 0.25) is 0 Å². The SMILES string of the molecule is CC(Oc1ccccc1/C=C1\SC(=S)N(CCC(=O)O)C1=O)C(=O)O. The van der Waals surface area contributed by atoms with Crippen LogP contribution in [0.4, 0.5) is 0 Å². The maximum Gasteiger partial charge on any atom is 0.344 e. The lowest BCUT2D eigenvalue weighted by molar-refractivity contribution is -0.144. The van der Waals surface area contributed by atoms with Crippen molar-refractivity contribution in [3.63, 3.8) is 0 Å². The zero-order valence-corrected chi connectivity index (χ0v) is 14.8. The number of amides is 1. The Morgan fingerprint density at radius 1 is 1.36 bits per heavy atom. The molecule has 0 radical (unpaired) electrons. The minimum atomic E-state index is -1.10. The van der Waals surface area contributed by atoms with Crippen LogP contribution in [0.5, 0.6) is 5.75 Å². The van der Waals surface area contributed by atoms with Gasteiger partial charge in [0.15, 0.2) is 6.10 Å². The zero-order valence-electron chi connectivity index (χ0n) is 13.2. The molecule has 7 nitrogen and oxygen atoms in total. The number of carboxylic acids is 2. The third-order valence-corrected chi connectivity index (χ3v) is 4.66. The monoisotopic (exact) mass is 381 g/mol. The molecule has 2 rings (SSSR count). The number of hydrogen-bond donors (Lipinski definition) is 2. The molecular formula is C16H15NO6S2. The van der Waals surface area contributed by atoms with Gasteiger partial charge in [-0.25, -0.2) is 4.79 Å². The van der Waals surface area contributed by atoms with Crippen molar-refractivity contribution in [2.24, 2.45) is 0 Å². The maximum absolute atomic E-state index is 12.4. The highest BCUT2D eigenvalue weighted by molar-refractivity contribution is 8.26. The van der Waals surface area contributed by atoms with E-state index >= 15 is 0 Å². The van der Waals surface area contributed by atoms with Crippen LogP contribution in [0.3, 0.4) is 0 Å².